The lowest BCUT2D eigenvalue weighted by Gasteiger charge is -2.38. The highest BCUT2D eigenvalue weighted by Crippen LogP contribution is 2.28. The van der Waals surface area contributed by atoms with E-state index in [4.69, 9.17) is 5.73 Å². The van der Waals surface area contributed by atoms with Crippen LogP contribution >= 0.6 is 0 Å². The first kappa shape index (κ1) is 13.3. The summed E-state index contributed by atoms with van der Waals surface area (Å²) in [5.41, 5.74) is 10.4. The van der Waals surface area contributed by atoms with Gasteiger partial charge in [-0.05, 0) is 36.0 Å². The van der Waals surface area contributed by atoms with Crippen molar-refractivity contribution in [3.05, 3.63) is 71.3 Å². The molecule has 0 saturated heterocycles. The van der Waals surface area contributed by atoms with Crippen molar-refractivity contribution in [3.63, 3.8) is 0 Å². The summed E-state index contributed by atoms with van der Waals surface area (Å²) < 4.78 is 0. The van der Waals surface area contributed by atoms with Crippen molar-refractivity contribution in [2.75, 3.05) is 6.54 Å². The molecular formula is C18H22N2. The summed E-state index contributed by atoms with van der Waals surface area (Å²) in [7, 11) is 0. The van der Waals surface area contributed by atoms with E-state index >= 15 is 0 Å². The molecule has 3 rings (SSSR count). The van der Waals surface area contributed by atoms with Crippen LogP contribution in [0.5, 0.6) is 0 Å². The highest BCUT2D eigenvalue weighted by atomic mass is 15.0. The molecule has 2 aromatic rings. The Morgan fingerprint density at radius 2 is 1.65 bits per heavy atom. The normalized spacial score (nSPS) is 21.4. The summed E-state index contributed by atoms with van der Waals surface area (Å²) in [6.45, 7) is 1.58. The van der Waals surface area contributed by atoms with Crippen molar-refractivity contribution >= 4 is 0 Å². The second-order valence-corrected chi connectivity index (χ2v) is 5.77. The van der Waals surface area contributed by atoms with E-state index in [0.29, 0.717) is 6.54 Å². The summed E-state index contributed by atoms with van der Waals surface area (Å²) in [5, 5.41) is 3.72. The van der Waals surface area contributed by atoms with Crippen LogP contribution in [0.25, 0.3) is 0 Å². The predicted molar refractivity (Wildman–Crippen MR) is 83.5 cm³/mol. The largest absolute Gasteiger partial charge is 0.329 e. The molecular weight excluding hydrogens is 244 g/mol. The van der Waals surface area contributed by atoms with E-state index < -0.39 is 0 Å². The maximum absolute atomic E-state index is 6.10. The number of fused-ring (bicyclic) bond motifs is 1. The molecule has 0 amide bonds. The van der Waals surface area contributed by atoms with E-state index in [1.807, 2.05) is 0 Å². The van der Waals surface area contributed by atoms with E-state index in [9.17, 15) is 0 Å². The average molecular weight is 266 g/mol. The molecule has 0 aromatic heterocycles. The Bertz CT molecular complexity index is 565. The van der Waals surface area contributed by atoms with Crippen molar-refractivity contribution in [2.24, 2.45) is 5.73 Å². The van der Waals surface area contributed by atoms with Gasteiger partial charge < -0.3 is 11.1 Å². The first-order valence-electron chi connectivity index (χ1n) is 7.37. The first-order valence-corrected chi connectivity index (χ1v) is 7.37. The van der Waals surface area contributed by atoms with Crippen LogP contribution in [0, 0.1) is 0 Å². The molecule has 0 radical (unpaired) electrons. The smallest absolute Gasteiger partial charge is 0.0350 e. The second-order valence-electron chi connectivity index (χ2n) is 5.77. The SMILES string of the molecule is NC[C@]1(NCc2ccccc2)CCc2ccccc2C1. The van der Waals surface area contributed by atoms with Gasteiger partial charge in [0.15, 0.2) is 0 Å². The maximum atomic E-state index is 6.10. The third kappa shape index (κ3) is 2.77. The molecule has 0 aliphatic heterocycles. The monoisotopic (exact) mass is 266 g/mol. The molecule has 2 aromatic carbocycles. The summed E-state index contributed by atoms with van der Waals surface area (Å²) >= 11 is 0. The molecule has 1 aliphatic carbocycles. The molecule has 20 heavy (non-hydrogen) atoms. The fraction of sp³-hybridized carbons (Fsp3) is 0.333. The topological polar surface area (TPSA) is 38.0 Å². The van der Waals surface area contributed by atoms with E-state index in [-0.39, 0.29) is 5.54 Å². The van der Waals surface area contributed by atoms with Gasteiger partial charge >= 0.3 is 0 Å². The molecule has 0 bridgehead atoms. The Labute approximate surface area is 121 Å². The van der Waals surface area contributed by atoms with Crippen LogP contribution in [0.1, 0.15) is 23.1 Å². The Hall–Kier alpha value is -1.64. The number of aryl methyl sites for hydroxylation is 1. The number of rotatable bonds is 4. The summed E-state index contributed by atoms with van der Waals surface area (Å²) in [6.07, 6.45) is 3.27. The van der Waals surface area contributed by atoms with E-state index in [1.54, 1.807) is 0 Å². The number of nitrogens with two attached hydrogens (primary N) is 1. The minimum absolute atomic E-state index is 0.0458. The standard InChI is InChI=1S/C18H22N2/c19-14-18(20-13-15-6-2-1-3-7-15)11-10-16-8-4-5-9-17(16)12-18/h1-9,20H,10-14,19H2/t18-/m0/s1. The molecule has 3 N–H and O–H groups in total. The van der Waals surface area contributed by atoms with Crippen molar-refractivity contribution in [1.82, 2.24) is 5.32 Å². The van der Waals surface area contributed by atoms with Crippen LogP contribution in [0.4, 0.5) is 0 Å². The molecule has 1 atom stereocenters. The molecule has 2 nitrogen and oxygen atoms in total. The van der Waals surface area contributed by atoms with Gasteiger partial charge in [0.25, 0.3) is 0 Å². The average Bonchev–Trinajstić information content (AvgIpc) is 2.54. The molecule has 0 saturated carbocycles. The third-order valence-corrected chi connectivity index (χ3v) is 4.42. The van der Waals surface area contributed by atoms with Crippen LogP contribution < -0.4 is 11.1 Å². The number of benzene rings is 2. The summed E-state index contributed by atoms with van der Waals surface area (Å²) in [6, 6.07) is 19.3. The van der Waals surface area contributed by atoms with Gasteiger partial charge in [0, 0.05) is 18.6 Å². The molecule has 0 unspecified atom stereocenters. The number of nitrogens with one attached hydrogen (secondary N) is 1. The van der Waals surface area contributed by atoms with Crippen LogP contribution in [-0.4, -0.2) is 12.1 Å². The zero-order valence-corrected chi connectivity index (χ0v) is 11.8. The lowest BCUT2D eigenvalue weighted by atomic mass is 9.78. The molecule has 104 valence electrons. The minimum atomic E-state index is 0.0458. The second kappa shape index (κ2) is 5.78. The highest BCUT2D eigenvalue weighted by molar-refractivity contribution is 5.32. The van der Waals surface area contributed by atoms with Crippen molar-refractivity contribution in [3.8, 4) is 0 Å². The Morgan fingerprint density at radius 3 is 2.40 bits per heavy atom. The van der Waals surface area contributed by atoms with Crippen LogP contribution in [0.3, 0.4) is 0 Å². The van der Waals surface area contributed by atoms with E-state index in [2.05, 4.69) is 59.9 Å². The van der Waals surface area contributed by atoms with Gasteiger partial charge in [0.05, 0.1) is 0 Å². The van der Waals surface area contributed by atoms with Crippen LogP contribution in [0.2, 0.25) is 0 Å². The molecule has 0 heterocycles. The van der Waals surface area contributed by atoms with Gasteiger partial charge in [-0.15, -0.1) is 0 Å². The Morgan fingerprint density at radius 1 is 0.950 bits per heavy atom. The predicted octanol–water partition coefficient (Wildman–Crippen LogP) is 2.66. The minimum Gasteiger partial charge on any atom is -0.329 e. The van der Waals surface area contributed by atoms with Gasteiger partial charge in [0.1, 0.15) is 0 Å². The zero-order valence-electron chi connectivity index (χ0n) is 11.8. The fourth-order valence-electron chi connectivity index (χ4n) is 3.08. The summed E-state index contributed by atoms with van der Waals surface area (Å²) in [5.74, 6) is 0. The van der Waals surface area contributed by atoms with Crippen molar-refractivity contribution < 1.29 is 0 Å². The highest BCUT2D eigenvalue weighted by Gasteiger charge is 2.32. The molecule has 0 spiro atoms. The molecule has 2 heteroatoms. The quantitative estimate of drug-likeness (QED) is 0.893. The summed E-state index contributed by atoms with van der Waals surface area (Å²) in [4.78, 5) is 0. The fourth-order valence-corrected chi connectivity index (χ4v) is 3.08. The van der Waals surface area contributed by atoms with E-state index in [0.717, 1.165) is 25.8 Å². The Kier molecular flexibility index (Phi) is 3.86. The lowest BCUT2D eigenvalue weighted by Crippen LogP contribution is -2.54. The van der Waals surface area contributed by atoms with E-state index in [1.165, 1.54) is 16.7 Å². The lowest BCUT2D eigenvalue weighted by molar-refractivity contribution is 0.291. The van der Waals surface area contributed by atoms with Crippen LogP contribution in [-0.2, 0) is 19.4 Å². The van der Waals surface area contributed by atoms with Gasteiger partial charge in [-0.25, -0.2) is 0 Å². The maximum Gasteiger partial charge on any atom is 0.0350 e. The van der Waals surface area contributed by atoms with Gasteiger partial charge in [-0.1, -0.05) is 54.6 Å². The number of hydrogen-bond acceptors (Lipinski definition) is 2. The van der Waals surface area contributed by atoms with Crippen molar-refractivity contribution in [2.45, 2.75) is 31.3 Å². The Balaban J connectivity index is 1.73. The van der Waals surface area contributed by atoms with Gasteiger partial charge in [-0.3, -0.25) is 0 Å². The van der Waals surface area contributed by atoms with Crippen molar-refractivity contribution in [1.29, 1.82) is 0 Å². The van der Waals surface area contributed by atoms with Gasteiger partial charge in [0.2, 0.25) is 0 Å². The third-order valence-electron chi connectivity index (χ3n) is 4.42. The molecule has 1 aliphatic rings. The number of hydrogen-bond donors (Lipinski definition) is 2. The molecule has 0 fully saturated rings. The van der Waals surface area contributed by atoms with Gasteiger partial charge in [-0.2, -0.15) is 0 Å². The van der Waals surface area contributed by atoms with Crippen LogP contribution in [0.15, 0.2) is 54.6 Å². The zero-order chi connectivity index (χ0) is 13.8. The first-order chi connectivity index (χ1) is 9.81.